The molecule has 1 aliphatic rings. The minimum absolute atomic E-state index is 0.432. The Balaban J connectivity index is 1.97. The monoisotopic (exact) mass is 366 g/mol. The molecular formula is C12H19BrN2O2S2. The number of rotatable bonds is 5. The van der Waals surface area contributed by atoms with Crippen LogP contribution in [0.2, 0.25) is 0 Å². The van der Waals surface area contributed by atoms with Crippen LogP contribution in [-0.2, 0) is 10.0 Å². The highest BCUT2D eigenvalue weighted by molar-refractivity contribution is 9.11. The van der Waals surface area contributed by atoms with Crippen LogP contribution < -0.4 is 0 Å². The zero-order chi connectivity index (χ0) is 13.9. The second-order valence-electron chi connectivity index (χ2n) is 4.66. The number of piperazine rings is 1. The molecule has 1 aromatic heterocycles. The minimum atomic E-state index is -3.29. The summed E-state index contributed by atoms with van der Waals surface area (Å²) in [5.41, 5.74) is 0. The lowest BCUT2D eigenvalue weighted by molar-refractivity contribution is 0.186. The van der Waals surface area contributed by atoms with Gasteiger partial charge in [-0.05, 0) is 41.0 Å². The first-order valence-corrected chi connectivity index (χ1v) is 9.57. The van der Waals surface area contributed by atoms with E-state index in [2.05, 4.69) is 27.8 Å². The van der Waals surface area contributed by atoms with Crippen LogP contribution in [0.4, 0.5) is 0 Å². The lowest BCUT2D eigenvalue weighted by Gasteiger charge is -2.33. The molecule has 2 heterocycles. The molecule has 0 bridgehead atoms. The van der Waals surface area contributed by atoms with E-state index >= 15 is 0 Å². The highest BCUT2D eigenvalue weighted by atomic mass is 79.9. The zero-order valence-corrected chi connectivity index (χ0v) is 14.2. The Morgan fingerprint density at radius 3 is 2.47 bits per heavy atom. The molecule has 0 aromatic carbocycles. The fraction of sp³-hybridized carbons (Fsp3) is 0.667. The van der Waals surface area contributed by atoms with Crippen LogP contribution in [0, 0.1) is 0 Å². The first kappa shape index (κ1) is 15.4. The molecule has 1 aromatic rings. The van der Waals surface area contributed by atoms with E-state index < -0.39 is 10.0 Å². The maximum absolute atomic E-state index is 12.4. The third-order valence-corrected chi connectivity index (χ3v) is 7.29. The molecule has 0 unspecified atom stereocenters. The number of halogens is 1. The first-order valence-electron chi connectivity index (χ1n) is 6.52. The van der Waals surface area contributed by atoms with Gasteiger partial charge in [-0.3, -0.25) is 0 Å². The Bertz CT molecular complexity index is 508. The van der Waals surface area contributed by atoms with Gasteiger partial charge in [-0.1, -0.05) is 13.3 Å². The van der Waals surface area contributed by atoms with Crippen molar-refractivity contribution in [3.05, 3.63) is 15.9 Å². The fourth-order valence-corrected chi connectivity index (χ4v) is 5.73. The van der Waals surface area contributed by atoms with Crippen molar-refractivity contribution in [3.63, 3.8) is 0 Å². The van der Waals surface area contributed by atoms with Gasteiger partial charge in [0.2, 0.25) is 0 Å². The van der Waals surface area contributed by atoms with Crippen molar-refractivity contribution >= 4 is 37.3 Å². The summed E-state index contributed by atoms with van der Waals surface area (Å²) < 4.78 is 27.7. The number of hydrogen-bond acceptors (Lipinski definition) is 4. The van der Waals surface area contributed by atoms with E-state index in [0.717, 1.165) is 23.4 Å². The topological polar surface area (TPSA) is 40.6 Å². The molecule has 1 aliphatic heterocycles. The Morgan fingerprint density at radius 2 is 1.95 bits per heavy atom. The van der Waals surface area contributed by atoms with E-state index in [9.17, 15) is 8.42 Å². The molecule has 0 radical (unpaired) electrons. The van der Waals surface area contributed by atoms with Gasteiger partial charge in [-0.2, -0.15) is 4.31 Å². The summed E-state index contributed by atoms with van der Waals surface area (Å²) in [6.07, 6.45) is 2.37. The number of unbranched alkanes of at least 4 members (excludes halogenated alkanes) is 1. The van der Waals surface area contributed by atoms with Crippen molar-refractivity contribution in [2.24, 2.45) is 0 Å². The van der Waals surface area contributed by atoms with Crippen LogP contribution in [-0.4, -0.2) is 50.3 Å². The van der Waals surface area contributed by atoms with Gasteiger partial charge < -0.3 is 4.90 Å². The summed E-state index contributed by atoms with van der Waals surface area (Å²) in [5.74, 6) is 0. The molecule has 0 saturated carbocycles. The molecule has 4 nitrogen and oxygen atoms in total. The second-order valence-corrected chi connectivity index (χ2v) is 9.29. The van der Waals surface area contributed by atoms with Gasteiger partial charge in [-0.15, -0.1) is 11.3 Å². The number of thiophene rings is 1. The number of nitrogens with zero attached hydrogens (tertiary/aromatic N) is 2. The van der Waals surface area contributed by atoms with Crippen molar-refractivity contribution in [3.8, 4) is 0 Å². The van der Waals surface area contributed by atoms with E-state index in [0.29, 0.717) is 17.3 Å². The Kier molecular flexibility index (Phi) is 5.42. The standard InChI is InChI=1S/C12H19BrN2O2S2/c1-2-3-6-14-7-9-15(10-8-14)19(16,17)12-5-4-11(13)18-12/h4-5H,2-3,6-10H2,1H3. The summed E-state index contributed by atoms with van der Waals surface area (Å²) >= 11 is 4.59. The van der Waals surface area contributed by atoms with Gasteiger partial charge in [0.05, 0.1) is 3.79 Å². The van der Waals surface area contributed by atoms with Crippen LogP contribution in [0.15, 0.2) is 20.1 Å². The molecule has 2 rings (SSSR count). The predicted molar refractivity (Wildman–Crippen MR) is 82.1 cm³/mol. The summed E-state index contributed by atoms with van der Waals surface area (Å²) in [4.78, 5) is 2.35. The summed E-state index contributed by atoms with van der Waals surface area (Å²) in [6, 6.07) is 3.46. The van der Waals surface area contributed by atoms with Crippen LogP contribution in [0.25, 0.3) is 0 Å². The summed E-state index contributed by atoms with van der Waals surface area (Å²) in [7, 11) is -3.29. The molecule has 1 fully saturated rings. The van der Waals surface area contributed by atoms with Gasteiger partial charge in [0.15, 0.2) is 0 Å². The van der Waals surface area contributed by atoms with E-state index in [-0.39, 0.29) is 0 Å². The molecular weight excluding hydrogens is 348 g/mol. The molecule has 0 atom stereocenters. The second kappa shape index (κ2) is 6.67. The molecule has 0 amide bonds. The number of hydrogen-bond donors (Lipinski definition) is 0. The summed E-state index contributed by atoms with van der Waals surface area (Å²) in [6.45, 7) is 6.13. The molecule has 0 aliphatic carbocycles. The Hall–Kier alpha value is 0.0500. The van der Waals surface area contributed by atoms with Crippen molar-refractivity contribution in [1.82, 2.24) is 9.21 Å². The largest absolute Gasteiger partial charge is 0.301 e. The average molecular weight is 367 g/mol. The molecule has 19 heavy (non-hydrogen) atoms. The normalized spacial score (nSPS) is 18.8. The minimum Gasteiger partial charge on any atom is -0.301 e. The molecule has 0 N–H and O–H groups in total. The van der Waals surface area contributed by atoms with Gasteiger partial charge in [0, 0.05) is 26.2 Å². The fourth-order valence-electron chi connectivity index (χ4n) is 2.14. The van der Waals surface area contributed by atoms with Gasteiger partial charge in [0.1, 0.15) is 4.21 Å². The highest BCUT2D eigenvalue weighted by Gasteiger charge is 2.29. The van der Waals surface area contributed by atoms with Crippen molar-refractivity contribution in [2.75, 3.05) is 32.7 Å². The smallest absolute Gasteiger partial charge is 0.252 e. The van der Waals surface area contributed by atoms with Crippen LogP contribution in [0.3, 0.4) is 0 Å². The Labute approximate surface area is 127 Å². The van der Waals surface area contributed by atoms with E-state index in [1.807, 2.05) is 0 Å². The molecule has 108 valence electrons. The maximum atomic E-state index is 12.4. The average Bonchev–Trinajstić information content (AvgIpc) is 2.84. The third-order valence-electron chi connectivity index (χ3n) is 3.30. The van der Waals surface area contributed by atoms with Crippen molar-refractivity contribution < 1.29 is 8.42 Å². The maximum Gasteiger partial charge on any atom is 0.252 e. The third kappa shape index (κ3) is 3.78. The van der Waals surface area contributed by atoms with E-state index in [1.54, 1.807) is 16.4 Å². The van der Waals surface area contributed by atoms with Crippen molar-refractivity contribution in [1.29, 1.82) is 0 Å². The van der Waals surface area contributed by atoms with Crippen LogP contribution in [0.5, 0.6) is 0 Å². The van der Waals surface area contributed by atoms with Gasteiger partial charge in [-0.25, -0.2) is 8.42 Å². The first-order chi connectivity index (χ1) is 9.04. The van der Waals surface area contributed by atoms with E-state index in [1.165, 1.54) is 24.2 Å². The molecule has 7 heteroatoms. The van der Waals surface area contributed by atoms with Gasteiger partial charge in [0.25, 0.3) is 10.0 Å². The highest BCUT2D eigenvalue weighted by Crippen LogP contribution is 2.28. The molecule has 1 saturated heterocycles. The molecule has 0 spiro atoms. The van der Waals surface area contributed by atoms with Gasteiger partial charge >= 0.3 is 0 Å². The summed E-state index contributed by atoms with van der Waals surface area (Å²) in [5, 5.41) is 0. The lowest BCUT2D eigenvalue weighted by atomic mass is 10.3. The Morgan fingerprint density at radius 1 is 1.26 bits per heavy atom. The number of sulfonamides is 1. The predicted octanol–water partition coefficient (Wildman–Crippen LogP) is 2.62. The quantitative estimate of drug-likeness (QED) is 0.803. The van der Waals surface area contributed by atoms with Crippen LogP contribution >= 0.6 is 27.3 Å². The SMILES string of the molecule is CCCCN1CCN(S(=O)(=O)c2ccc(Br)s2)CC1. The van der Waals surface area contributed by atoms with E-state index in [4.69, 9.17) is 0 Å². The lowest BCUT2D eigenvalue weighted by Crippen LogP contribution is -2.48. The van der Waals surface area contributed by atoms with Crippen molar-refractivity contribution in [2.45, 2.75) is 24.0 Å². The zero-order valence-electron chi connectivity index (χ0n) is 11.0. The van der Waals surface area contributed by atoms with Crippen LogP contribution in [0.1, 0.15) is 19.8 Å².